The topological polar surface area (TPSA) is 93.2 Å². The van der Waals surface area contributed by atoms with Gasteiger partial charge in [0.05, 0.1) is 18.4 Å². The van der Waals surface area contributed by atoms with E-state index in [0.717, 1.165) is 6.42 Å². The summed E-state index contributed by atoms with van der Waals surface area (Å²) in [4.78, 5) is 32.7. The Morgan fingerprint density at radius 3 is 2.62 bits per heavy atom. The Kier molecular flexibility index (Phi) is 6.66. The zero-order valence-corrected chi connectivity index (χ0v) is 15.5. The molecule has 0 unspecified atom stereocenters. The number of carbonyl (C=O) groups excluding carboxylic acids is 2. The molecule has 0 saturated heterocycles. The molecule has 0 aliphatic carbocycles. The van der Waals surface area contributed by atoms with Crippen molar-refractivity contribution in [1.29, 1.82) is 0 Å². The van der Waals surface area contributed by atoms with Crippen LogP contribution in [0.3, 0.4) is 0 Å². The summed E-state index contributed by atoms with van der Waals surface area (Å²) in [5.74, 6) is 0.0395. The fraction of sp³-hybridized carbons (Fsp3) is 0.368. The average Bonchev–Trinajstić information content (AvgIpc) is 2.60. The number of aromatic nitrogens is 2. The van der Waals surface area contributed by atoms with Gasteiger partial charge in [0.15, 0.2) is 0 Å². The molecule has 0 spiro atoms. The van der Waals surface area contributed by atoms with Crippen molar-refractivity contribution < 1.29 is 14.3 Å². The van der Waals surface area contributed by atoms with Gasteiger partial charge in [0.1, 0.15) is 5.69 Å². The van der Waals surface area contributed by atoms with Crippen LogP contribution in [0.25, 0.3) is 0 Å². The molecule has 1 amide bonds. The number of amides is 1. The van der Waals surface area contributed by atoms with E-state index in [4.69, 9.17) is 4.74 Å². The summed E-state index contributed by atoms with van der Waals surface area (Å²) in [6.07, 6.45) is 0.896. The molecule has 1 aromatic heterocycles. The zero-order chi connectivity index (χ0) is 19.1. The minimum Gasteiger partial charge on any atom is -0.465 e. The highest BCUT2D eigenvalue weighted by Gasteiger charge is 2.14. The van der Waals surface area contributed by atoms with Crippen molar-refractivity contribution in [3.8, 4) is 0 Å². The van der Waals surface area contributed by atoms with Gasteiger partial charge in [-0.05, 0) is 37.5 Å². The van der Waals surface area contributed by atoms with Crippen molar-refractivity contribution in [3.63, 3.8) is 0 Å². The maximum Gasteiger partial charge on any atom is 0.339 e. The second kappa shape index (κ2) is 8.94. The van der Waals surface area contributed by atoms with Crippen LogP contribution in [0.1, 0.15) is 46.8 Å². The number of aryl methyl sites for hydroxylation is 1. The molecule has 0 saturated carbocycles. The van der Waals surface area contributed by atoms with Gasteiger partial charge >= 0.3 is 5.97 Å². The Morgan fingerprint density at radius 1 is 1.19 bits per heavy atom. The first kappa shape index (κ1) is 19.4. The van der Waals surface area contributed by atoms with Gasteiger partial charge in [-0.1, -0.05) is 26.0 Å². The zero-order valence-electron chi connectivity index (χ0n) is 15.5. The average molecular weight is 356 g/mol. The van der Waals surface area contributed by atoms with Crippen LogP contribution < -0.4 is 10.6 Å². The van der Waals surface area contributed by atoms with Crippen LogP contribution in [0, 0.1) is 12.8 Å². The quantitative estimate of drug-likeness (QED) is 0.741. The lowest BCUT2D eigenvalue weighted by Gasteiger charge is -2.11. The van der Waals surface area contributed by atoms with Crippen molar-refractivity contribution in [2.24, 2.45) is 5.92 Å². The number of nitrogens with one attached hydrogen (secondary N) is 2. The minimum absolute atomic E-state index is 0.246. The van der Waals surface area contributed by atoms with Gasteiger partial charge in [-0.15, -0.1) is 0 Å². The van der Waals surface area contributed by atoms with E-state index in [9.17, 15) is 9.59 Å². The van der Waals surface area contributed by atoms with Gasteiger partial charge in [-0.25, -0.2) is 14.8 Å². The van der Waals surface area contributed by atoms with E-state index in [2.05, 4.69) is 34.4 Å². The lowest BCUT2D eigenvalue weighted by molar-refractivity contribution is 0.0601. The summed E-state index contributed by atoms with van der Waals surface area (Å²) >= 11 is 0. The third kappa shape index (κ3) is 5.27. The van der Waals surface area contributed by atoms with Crippen molar-refractivity contribution in [3.05, 3.63) is 47.3 Å². The van der Waals surface area contributed by atoms with E-state index in [0.29, 0.717) is 29.4 Å². The van der Waals surface area contributed by atoms with Gasteiger partial charge < -0.3 is 15.4 Å². The Bertz CT molecular complexity index is 790. The number of ether oxygens (including phenoxy) is 1. The fourth-order valence-electron chi connectivity index (χ4n) is 2.31. The number of anilines is 2. The second-order valence-corrected chi connectivity index (χ2v) is 6.32. The molecule has 26 heavy (non-hydrogen) atoms. The highest BCUT2D eigenvalue weighted by molar-refractivity contribution is 5.96. The number of nitrogens with zero attached hydrogens (tertiary/aromatic N) is 2. The maximum atomic E-state index is 12.3. The number of hydrogen-bond acceptors (Lipinski definition) is 6. The van der Waals surface area contributed by atoms with Crippen molar-refractivity contribution in [1.82, 2.24) is 15.3 Å². The molecule has 0 aliphatic heterocycles. The number of methoxy groups -OCH3 is 1. The normalized spacial score (nSPS) is 10.5. The van der Waals surface area contributed by atoms with Crippen LogP contribution >= 0.6 is 0 Å². The third-order valence-electron chi connectivity index (χ3n) is 3.67. The summed E-state index contributed by atoms with van der Waals surface area (Å²) < 4.78 is 4.78. The third-order valence-corrected chi connectivity index (χ3v) is 3.67. The van der Waals surface area contributed by atoms with E-state index in [1.165, 1.54) is 7.11 Å². The molecule has 0 radical (unpaired) electrons. The van der Waals surface area contributed by atoms with Crippen molar-refractivity contribution in [2.45, 2.75) is 27.2 Å². The Morgan fingerprint density at radius 2 is 1.92 bits per heavy atom. The van der Waals surface area contributed by atoms with Crippen LogP contribution in [0.15, 0.2) is 30.3 Å². The van der Waals surface area contributed by atoms with Gasteiger partial charge in [0.2, 0.25) is 5.95 Å². The predicted molar refractivity (Wildman–Crippen MR) is 99.6 cm³/mol. The van der Waals surface area contributed by atoms with Crippen LogP contribution in [0.2, 0.25) is 0 Å². The highest BCUT2D eigenvalue weighted by Crippen LogP contribution is 2.20. The van der Waals surface area contributed by atoms with Crippen LogP contribution in [-0.4, -0.2) is 35.5 Å². The molecular weight excluding hydrogens is 332 g/mol. The SMILES string of the molecule is COC(=O)c1ccccc1Nc1nc(C)cc(C(=O)NCCC(C)C)n1. The molecule has 2 aromatic rings. The van der Waals surface area contributed by atoms with Crippen LogP contribution in [-0.2, 0) is 4.74 Å². The van der Waals surface area contributed by atoms with Gasteiger partial charge in [-0.2, -0.15) is 0 Å². The molecule has 1 heterocycles. The van der Waals surface area contributed by atoms with Gasteiger partial charge in [-0.3, -0.25) is 4.79 Å². The summed E-state index contributed by atoms with van der Waals surface area (Å²) in [5.41, 5.74) is 1.80. The largest absolute Gasteiger partial charge is 0.465 e. The molecule has 0 atom stereocenters. The molecule has 1 aromatic carbocycles. The van der Waals surface area contributed by atoms with E-state index in [1.807, 2.05) is 0 Å². The van der Waals surface area contributed by atoms with Crippen LogP contribution in [0.5, 0.6) is 0 Å². The summed E-state index contributed by atoms with van der Waals surface area (Å²) in [6.45, 7) is 6.57. The fourth-order valence-corrected chi connectivity index (χ4v) is 2.31. The van der Waals surface area contributed by atoms with E-state index in [1.54, 1.807) is 37.3 Å². The first-order valence-corrected chi connectivity index (χ1v) is 8.49. The molecule has 2 N–H and O–H groups in total. The molecule has 0 aliphatic rings. The maximum absolute atomic E-state index is 12.3. The monoisotopic (exact) mass is 356 g/mol. The summed E-state index contributed by atoms with van der Waals surface area (Å²) in [5, 5.41) is 5.85. The number of benzene rings is 1. The highest BCUT2D eigenvalue weighted by atomic mass is 16.5. The van der Waals surface area contributed by atoms with Crippen LogP contribution in [0.4, 0.5) is 11.6 Å². The lowest BCUT2D eigenvalue weighted by atomic mass is 10.1. The summed E-state index contributed by atoms with van der Waals surface area (Å²) in [6, 6.07) is 8.51. The molecule has 7 heteroatoms. The van der Waals surface area contributed by atoms with Crippen molar-refractivity contribution >= 4 is 23.5 Å². The molecule has 0 fully saturated rings. The Balaban J connectivity index is 2.20. The molecule has 0 bridgehead atoms. The minimum atomic E-state index is -0.465. The molecule has 138 valence electrons. The van der Waals surface area contributed by atoms with Crippen molar-refractivity contribution in [2.75, 3.05) is 19.0 Å². The number of hydrogen-bond donors (Lipinski definition) is 2. The van der Waals surface area contributed by atoms with E-state index >= 15 is 0 Å². The molecule has 7 nitrogen and oxygen atoms in total. The number of carbonyl (C=O) groups is 2. The number of rotatable bonds is 7. The predicted octanol–water partition coefficient (Wildman–Crippen LogP) is 3.09. The number of para-hydroxylation sites is 1. The molecule has 2 rings (SSSR count). The number of esters is 1. The summed E-state index contributed by atoms with van der Waals surface area (Å²) in [7, 11) is 1.32. The molecular formula is C19H24N4O3. The lowest BCUT2D eigenvalue weighted by Crippen LogP contribution is -2.26. The second-order valence-electron chi connectivity index (χ2n) is 6.32. The van der Waals surface area contributed by atoms with Gasteiger partial charge in [0.25, 0.3) is 5.91 Å². The van der Waals surface area contributed by atoms with Gasteiger partial charge in [0, 0.05) is 12.2 Å². The smallest absolute Gasteiger partial charge is 0.339 e. The van der Waals surface area contributed by atoms with E-state index in [-0.39, 0.29) is 17.5 Å². The standard InChI is InChI=1S/C19H24N4O3/c1-12(2)9-10-20-17(24)16-11-13(3)21-19(23-16)22-15-8-6-5-7-14(15)18(25)26-4/h5-8,11-12H,9-10H2,1-4H3,(H,20,24)(H,21,22,23). The first-order valence-electron chi connectivity index (χ1n) is 8.49. The van der Waals surface area contributed by atoms with E-state index < -0.39 is 5.97 Å². The Hall–Kier alpha value is -2.96. The Labute approximate surface area is 153 Å². The first-order chi connectivity index (χ1) is 12.4.